The second-order valence-electron chi connectivity index (χ2n) is 7.92. The first-order valence-corrected chi connectivity index (χ1v) is 8.39. The van der Waals surface area contributed by atoms with Crippen LogP contribution in [0.1, 0.15) is 45.6 Å². The third kappa shape index (κ3) is 1.93. The van der Waals surface area contributed by atoms with Gasteiger partial charge in [-0.2, -0.15) is 0 Å². The van der Waals surface area contributed by atoms with Crippen molar-refractivity contribution >= 4 is 17.3 Å². The molecule has 5 heteroatoms. The maximum absolute atomic E-state index is 13.3. The van der Waals surface area contributed by atoms with Crippen LogP contribution in [0.3, 0.4) is 0 Å². The molecule has 2 aliphatic carbocycles. The van der Waals surface area contributed by atoms with Crippen LogP contribution in [0.15, 0.2) is 23.4 Å². The number of carbonyl (C=O) groups is 1. The monoisotopic (exact) mass is 330 g/mol. The molecule has 0 heterocycles. The highest BCUT2D eigenvalue weighted by Gasteiger charge is 2.71. The van der Waals surface area contributed by atoms with Crippen LogP contribution in [0.5, 0.6) is 5.75 Å². The number of benzene rings is 1. The molecule has 24 heavy (non-hydrogen) atoms. The first-order valence-electron chi connectivity index (χ1n) is 8.39. The van der Waals surface area contributed by atoms with E-state index in [9.17, 15) is 10.0 Å². The van der Waals surface area contributed by atoms with Gasteiger partial charge in [-0.25, -0.2) is 0 Å². The Morgan fingerprint density at radius 1 is 1.29 bits per heavy atom. The van der Waals surface area contributed by atoms with Crippen molar-refractivity contribution in [2.24, 2.45) is 21.4 Å². The Balaban J connectivity index is 1.98. The van der Waals surface area contributed by atoms with Gasteiger partial charge < -0.3 is 15.3 Å². The molecule has 0 aromatic heterocycles. The lowest BCUT2D eigenvalue weighted by molar-refractivity contribution is -0.130. The van der Waals surface area contributed by atoms with Gasteiger partial charge in [-0.3, -0.25) is 4.79 Å². The summed E-state index contributed by atoms with van der Waals surface area (Å²) < 4.78 is 5.38. The fourth-order valence-corrected chi connectivity index (χ4v) is 4.70. The standard InChI is InChI=1S/C19H26N2O3/c1-12-6-7-14(24-5)13(10-12)20-16(22)19-9-8-18(4,17(19,2)3)15(11-19)21-23/h6-7,10,23H,8-9,11H2,1-5H3,(H,20,22)/b21-15+. The minimum absolute atomic E-state index is 0.0150. The lowest BCUT2D eigenvalue weighted by atomic mass is 9.64. The SMILES string of the molecule is COc1ccc(C)cc1NC(=O)C12CCC(C)(/C(=N/O)C1)C2(C)C. The van der Waals surface area contributed by atoms with Gasteiger partial charge in [0.1, 0.15) is 5.75 Å². The van der Waals surface area contributed by atoms with Gasteiger partial charge in [0.15, 0.2) is 0 Å². The minimum Gasteiger partial charge on any atom is -0.495 e. The van der Waals surface area contributed by atoms with Crippen molar-refractivity contribution < 1.29 is 14.7 Å². The molecule has 1 aromatic carbocycles. The molecule has 1 amide bonds. The molecular weight excluding hydrogens is 304 g/mol. The van der Waals surface area contributed by atoms with E-state index in [0.717, 1.165) is 24.1 Å². The normalized spacial score (nSPS) is 32.1. The number of hydrogen-bond donors (Lipinski definition) is 2. The van der Waals surface area contributed by atoms with Crippen molar-refractivity contribution in [3.05, 3.63) is 23.8 Å². The molecule has 2 N–H and O–H groups in total. The van der Waals surface area contributed by atoms with Gasteiger partial charge in [0.25, 0.3) is 0 Å². The van der Waals surface area contributed by atoms with E-state index in [-0.39, 0.29) is 16.7 Å². The van der Waals surface area contributed by atoms with Gasteiger partial charge >= 0.3 is 0 Å². The lowest BCUT2D eigenvalue weighted by Gasteiger charge is -2.39. The smallest absolute Gasteiger partial charge is 0.231 e. The molecule has 3 rings (SSSR count). The number of amides is 1. The maximum atomic E-state index is 13.3. The highest BCUT2D eigenvalue weighted by Crippen LogP contribution is 2.71. The molecule has 1 aromatic rings. The van der Waals surface area contributed by atoms with Crippen LogP contribution in [0.25, 0.3) is 0 Å². The molecule has 0 spiro atoms. The average molecular weight is 330 g/mol. The van der Waals surface area contributed by atoms with E-state index in [2.05, 4.69) is 31.2 Å². The molecule has 130 valence electrons. The summed E-state index contributed by atoms with van der Waals surface area (Å²) in [6.45, 7) is 8.32. The van der Waals surface area contributed by atoms with Crippen LogP contribution in [0, 0.1) is 23.2 Å². The number of nitrogens with one attached hydrogen (secondary N) is 1. The molecule has 0 radical (unpaired) electrons. The molecule has 2 bridgehead atoms. The van der Waals surface area contributed by atoms with E-state index in [4.69, 9.17) is 4.74 Å². The van der Waals surface area contributed by atoms with Crippen molar-refractivity contribution in [2.75, 3.05) is 12.4 Å². The van der Waals surface area contributed by atoms with E-state index in [1.165, 1.54) is 0 Å². The van der Waals surface area contributed by atoms with Crippen LogP contribution in [-0.2, 0) is 4.79 Å². The van der Waals surface area contributed by atoms with E-state index < -0.39 is 5.41 Å². The predicted molar refractivity (Wildman–Crippen MR) is 93.8 cm³/mol. The third-order valence-electron chi connectivity index (χ3n) is 6.89. The van der Waals surface area contributed by atoms with E-state index >= 15 is 0 Å². The van der Waals surface area contributed by atoms with Crippen molar-refractivity contribution in [3.8, 4) is 5.75 Å². The van der Waals surface area contributed by atoms with Gasteiger partial charge in [-0.05, 0) is 42.9 Å². The zero-order valence-electron chi connectivity index (χ0n) is 15.1. The first kappa shape index (κ1) is 16.8. The number of carbonyl (C=O) groups excluding carboxylic acids is 1. The molecule has 2 unspecified atom stereocenters. The summed E-state index contributed by atoms with van der Waals surface area (Å²) in [6.07, 6.45) is 2.17. The van der Waals surface area contributed by atoms with Gasteiger partial charge in [0, 0.05) is 11.8 Å². The summed E-state index contributed by atoms with van der Waals surface area (Å²) >= 11 is 0. The van der Waals surface area contributed by atoms with E-state index in [1.807, 2.05) is 25.1 Å². The van der Waals surface area contributed by atoms with Gasteiger partial charge in [0.05, 0.1) is 23.9 Å². The highest BCUT2D eigenvalue weighted by atomic mass is 16.5. The van der Waals surface area contributed by atoms with Gasteiger partial charge in [0.2, 0.25) is 5.91 Å². The van der Waals surface area contributed by atoms with Crippen molar-refractivity contribution in [1.29, 1.82) is 0 Å². The Hall–Kier alpha value is -2.04. The van der Waals surface area contributed by atoms with Crippen molar-refractivity contribution in [3.63, 3.8) is 0 Å². The number of anilines is 1. The van der Waals surface area contributed by atoms with Crippen LogP contribution in [0.2, 0.25) is 0 Å². The van der Waals surface area contributed by atoms with Gasteiger partial charge in [-0.15, -0.1) is 0 Å². The average Bonchev–Trinajstić information content (AvgIpc) is 2.85. The third-order valence-corrected chi connectivity index (χ3v) is 6.89. The number of oxime groups is 1. The molecule has 5 nitrogen and oxygen atoms in total. The zero-order chi connectivity index (χ0) is 17.8. The Morgan fingerprint density at radius 2 is 2.00 bits per heavy atom. The van der Waals surface area contributed by atoms with Crippen molar-refractivity contribution in [2.45, 2.75) is 47.0 Å². The Kier molecular flexibility index (Phi) is 3.66. The predicted octanol–water partition coefficient (Wildman–Crippen LogP) is 3.99. The maximum Gasteiger partial charge on any atom is 0.231 e. The molecule has 2 saturated carbocycles. The fourth-order valence-electron chi connectivity index (χ4n) is 4.70. The number of nitrogens with zero attached hydrogens (tertiary/aromatic N) is 1. The van der Waals surface area contributed by atoms with E-state index in [1.54, 1.807) is 7.11 Å². The number of hydrogen-bond acceptors (Lipinski definition) is 4. The second kappa shape index (κ2) is 5.23. The Labute approximate surface area is 143 Å². The summed E-state index contributed by atoms with van der Waals surface area (Å²) in [5.74, 6) is 0.636. The topological polar surface area (TPSA) is 70.9 Å². The fraction of sp³-hybridized carbons (Fsp3) is 0.579. The summed E-state index contributed by atoms with van der Waals surface area (Å²) in [4.78, 5) is 13.3. The second-order valence-corrected chi connectivity index (χ2v) is 7.92. The largest absolute Gasteiger partial charge is 0.495 e. The first-order chi connectivity index (χ1) is 11.2. The molecular formula is C19H26N2O3. The number of aryl methyl sites for hydroxylation is 1. The molecule has 2 atom stereocenters. The highest BCUT2D eigenvalue weighted by molar-refractivity contribution is 6.06. The molecule has 2 aliphatic rings. The minimum atomic E-state index is -0.557. The lowest BCUT2D eigenvalue weighted by Crippen LogP contribution is -2.43. The summed E-state index contributed by atoms with van der Waals surface area (Å²) in [5.41, 5.74) is 1.42. The summed E-state index contributed by atoms with van der Waals surface area (Å²) in [7, 11) is 1.60. The number of methoxy groups -OCH3 is 1. The number of fused-ring (bicyclic) bond motifs is 2. The van der Waals surface area contributed by atoms with Gasteiger partial charge in [-0.1, -0.05) is 32.0 Å². The van der Waals surface area contributed by atoms with Crippen LogP contribution >= 0.6 is 0 Å². The van der Waals surface area contributed by atoms with E-state index in [0.29, 0.717) is 17.9 Å². The number of ether oxygens (including phenoxy) is 1. The Bertz CT molecular complexity index is 725. The van der Waals surface area contributed by atoms with Crippen LogP contribution in [-0.4, -0.2) is 23.9 Å². The molecule has 0 aliphatic heterocycles. The zero-order valence-corrected chi connectivity index (χ0v) is 15.1. The van der Waals surface area contributed by atoms with Crippen LogP contribution < -0.4 is 10.1 Å². The Morgan fingerprint density at radius 3 is 2.58 bits per heavy atom. The van der Waals surface area contributed by atoms with Crippen molar-refractivity contribution in [1.82, 2.24) is 0 Å². The quantitative estimate of drug-likeness (QED) is 0.650. The summed E-state index contributed by atoms with van der Waals surface area (Å²) in [5, 5.41) is 16.0. The molecule has 0 saturated heterocycles. The van der Waals surface area contributed by atoms with Crippen LogP contribution in [0.4, 0.5) is 5.69 Å². The molecule has 2 fully saturated rings. The summed E-state index contributed by atoms with van der Waals surface area (Å²) in [6, 6.07) is 5.74. The number of rotatable bonds is 3.